The summed E-state index contributed by atoms with van der Waals surface area (Å²) in [4.78, 5) is 4.72. The Hall–Kier alpha value is -1.46. The van der Waals surface area contributed by atoms with Gasteiger partial charge in [-0.1, -0.05) is 34.1 Å². The topological polar surface area (TPSA) is 30.7 Å². The summed E-state index contributed by atoms with van der Waals surface area (Å²) in [5.74, 6) is 0. The molecule has 0 aliphatic rings. The minimum atomic E-state index is 0.987. The molecule has 0 aliphatic heterocycles. The Kier molecular flexibility index (Phi) is 3.24. The van der Waals surface area contributed by atoms with E-state index in [4.69, 9.17) is 4.98 Å². The molecular formula is C14H12BrN3S. The summed E-state index contributed by atoms with van der Waals surface area (Å²) >= 11 is 5.22. The Morgan fingerprint density at radius 2 is 2.00 bits per heavy atom. The first-order chi connectivity index (χ1) is 9.15. The number of benzene rings is 1. The third-order valence-electron chi connectivity index (χ3n) is 2.90. The van der Waals surface area contributed by atoms with E-state index in [1.807, 2.05) is 43.0 Å². The van der Waals surface area contributed by atoms with E-state index < -0.39 is 0 Å². The summed E-state index contributed by atoms with van der Waals surface area (Å²) in [6.07, 6.45) is 2.01. The molecule has 0 saturated carbocycles. The Bertz CT molecular complexity index is 730. The van der Waals surface area contributed by atoms with Crippen LogP contribution in [-0.2, 0) is 7.05 Å². The molecule has 2 aromatic heterocycles. The van der Waals surface area contributed by atoms with Gasteiger partial charge in [-0.2, -0.15) is 5.10 Å². The standard InChI is InChI=1S/C14H12BrN3S/c1-9-11(7-18(2)17-9)13-8-19-14(16-13)10-5-3-4-6-12(10)15/h3-8H,1-2H3. The monoisotopic (exact) mass is 333 g/mol. The van der Waals surface area contributed by atoms with Crippen molar-refractivity contribution in [3.05, 3.63) is 46.0 Å². The van der Waals surface area contributed by atoms with Crippen LogP contribution in [0.5, 0.6) is 0 Å². The van der Waals surface area contributed by atoms with Gasteiger partial charge in [0.1, 0.15) is 5.01 Å². The molecule has 0 radical (unpaired) electrons. The van der Waals surface area contributed by atoms with Gasteiger partial charge >= 0.3 is 0 Å². The number of thiazole rings is 1. The van der Waals surface area contributed by atoms with Crippen molar-refractivity contribution < 1.29 is 0 Å². The van der Waals surface area contributed by atoms with Gasteiger partial charge in [0.05, 0.1) is 11.4 Å². The fourth-order valence-corrected chi connectivity index (χ4v) is 3.47. The molecule has 0 aliphatic carbocycles. The van der Waals surface area contributed by atoms with Crippen LogP contribution in [0.2, 0.25) is 0 Å². The van der Waals surface area contributed by atoms with Gasteiger partial charge in [-0.25, -0.2) is 4.98 Å². The number of aromatic nitrogens is 3. The van der Waals surface area contributed by atoms with Gasteiger partial charge in [0, 0.05) is 34.2 Å². The van der Waals surface area contributed by atoms with E-state index in [2.05, 4.69) is 32.5 Å². The maximum atomic E-state index is 4.72. The Morgan fingerprint density at radius 1 is 1.21 bits per heavy atom. The van der Waals surface area contributed by atoms with Crippen molar-refractivity contribution in [1.29, 1.82) is 0 Å². The molecule has 3 aromatic rings. The largest absolute Gasteiger partial charge is 0.275 e. The van der Waals surface area contributed by atoms with Crippen LogP contribution in [0.1, 0.15) is 5.69 Å². The second-order valence-electron chi connectivity index (χ2n) is 4.32. The first-order valence-corrected chi connectivity index (χ1v) is 7.53. The Balaban J connectivity index is 2.05. The zero-order valence-corrected chi connectivity index (χ0v) is 13.0. The molecule has 0 saturated heterocycles. The van der Waals surface area contributed by atoms with E-state index >= 15 is 0 Å². The molecule has 2 heterocycles. The Morgan fingerprint density at radius 3 is 2.68 bits per heavy atom. The number of hydrogen-bond acceptors (Lipinski definition) is 3. The van der Waals surface area contributed by atoms with E-state index in [0.717, 1.165) is 32.0 Å². The van der Waals surface area contributed by atoms with E-state index in [-0.39, 0.29) is 0 Å². The van der Waals surface area contributed by atoms with Gasteiger partial charge in [-0.3, -0.25) is 4.68 Å². The highest BCUT2D eigenvalue weighted by molar-refractivity contribution is 9.10. The van der Waals surface area contributed by atoms with Gasteiger partial charge in [-0.05, 0) is 13.0 Å². The first-order valence-electron chi connectivity index (χ1n) is 5.86. The molecule has 0 N–H and O–H groups in total. The molecule has 19 heavy (non-hydrogen) atoms. The molecule has 1 aromatic carbocycles. The molecule has 3 rings (SSSR count). The lowest BCUT2D eigenvalue weighted by Gasteiger charge is -1.98. The zero-order chi connectivity index (χ0) is 13.4. The molecule has 5 heteroatoms. The molecule has 0 atom stereocenters. The maximum absolute atomic E-state index is 4.72. The summed E-state index contributed by atoms with van der Waals surface area (Å²) < 4.78 is 2.89. The molecule has 96 valence electrons. The quantitative estimate of drug-likeness (QED) is 0.700. The van der Waals surface area contributed by atoms with Crippen LogP contribution in [0.4, 0.5) is 0 Å². The average Bonchev–Trinajstić information content (AvgIpc) is 2.96. The fourth-order valence-electron chi connectivity index (χ4n) is 2.01. The van der Waals surface area contributed by atoms with Crippen molar-refractivity contribution in [1.82, 2.24) is 14.8 Å². The van der Waals surface area contributed by atoms with Crippen LogP contribution >= 0.6 is 27.3 Å². The number of rotatable bonds is 2. The molecule has 0 unspecified atom stereocenters. The first kappa shape index (κ1) is 12.6. The average molecular weight is 334 g/mol. The number of halogens is 1. The van der Waals surface area contributed by atoms with Crippen molar-refractivity contribution in [2.24, 2.45) is 7.05 Å². The van der Waals surface area contributed by atoms with Crippen molar-refractivity contribution in [2.75, 3.05) is 0 Å². The molecule has 0 amide bonds. The Labute approximate surface area is 124 Å². The summed E-state index contributed by atoms with van der Waals surface area (Å²) in [5.41, 5.74) is 4.21. The van der Waals surface area contributed by atoms with Gasteiger partial charge in [0.15, 0.2) is 0 Å². The number of aryl methyl sites for hydroxylation is 2. The summed E-state index contributed by atoms with van der Waals surface area (Å²) in [6.45, 7) is 2.01. The highest BCUT2D eigenvalue weighted by Gasteiger charge is 2.12. The normalized spacial score (nSPS) is 10.9. The highest BCUT2D eigenvalue weighted by atomic mass is 79.9. The van der Waals surface area contributed by atoms with Crippen LogP contribution in [0.3, 0.4) is 0 Å². The smallest absolute Gasteiger partial charge is 0.125 e. The number of nitrogens with zero attached hydrogens (tertiary/aromatic N) is 3. The van der Waals surface area contributed by atoms with Crippen LogP contribution in [0.25, 0.3) is 21.8 Å². The van der Waals surface area contributed by atoms with Crippen molar-refractivity contribution in [3.8, 4) is 21.8 Å². The van der Waals surface area contributed by atoms with Crippen molar-refractivity contribution >= 4 is 27.3 Å². The second kappa shape index (κ2) is 4.90. The third-order valence-corrected chi connectivity index (χ3v) is 4.46. The van der Waals surface area contributed by atoms with Gasteiger partial charge in [0.2, 0.25) is 0 Å². The molecule has 0 spiro atoms. The highest BCUT2D eigenvalue weighted by Crippen LogP contribution is 2.33. The summed E-state index contributed by atoms with van der Waals surface area (Å²) in [6, 6.07) is 8.14. The van der Waals surface area contributed by atoms with Crippen molar-refractivity contribution in [2.45, 2.75) is 6.92 Å². The van der Waals surface area contributed by atoms with Crippen molar-refractivity contribution in [3.63, 3.8) is 0 Å². The summed E-state index contributed by atoms with van der Waals surface area (Å²) in [5, 5.41) is 7.46. The molecule has 0 fully saturated rings. The minimum Gasteiger partial charge on any atom is -0.275 e. The van der Waals surface area contributed by atoms with Crippen LogP contribution < -0.4 is 0 Å². The van der Waals surface area contributed by atoms with E-state index in [1.165, 1.54) is 0 Å². The lowest BCUT2D eigenvalue weighted by atomic mass is 10.2. The van der Waals surface area contributed by atoms with Crippen LogP contribution in [0, 0.1) is 6.92 Å². The molecule has 0 bridgehead atoms. The maximum Gasteiger partial charge on any atom is 0.125 e. The lowest BCUT2D eigenvalue weighted by molar-refractivity contribution is 0.756. The van der Waals surface area contributed by atoms with Crippen LogP contribution in [-0.4, -0.2) is 14.8 Å². The van der Waals surface area contributed by atoms with E-state index in [9.17, 15) is 0 Å². The molecular weight excluding hydrogens is 322 g/mol. The number of hydrogen-bond donors (Lipinski definition) is 0. The third kappa shape index (κ3) is 2.35. The predicted molar refractivity (Wildman–Crippen MR) is 82.2 cm³/mol. The van der Waals surface area contributed by atoms with Gasteiger partial charge < -0.3 is 0 Å². The molecule has 3 nitrogen and oxygen atoms in total. The SMILES string of the molecule is Cc1nn(C)cc1-c1csc(-c2ccccc2Br)n1. The van der Waals surface area contributed by atoms with Gasteiger partial charge in [0.25, 0.3) is 0 Å². The van der Waals surface area contributed by atoms with Crippen LogP contribution in [0.15, 0.2) is 40.3 Å². The lowest BCUT2D eigenvalue weighted by Crippen LogP contribution is -1.86. The predicted octanol–water partition coefficient (Wildman–Crippen LogP) is 4.28. The minimum absolute atomic E-state index is 0.987. The van der Waals surface area contributed by atoms with E-state index in [1.54, 1.807) is 11.3 Å². The van der Waals surface area contributed by atoms with E-state index in [0.29, 0.717) is 0 Å². The van der Waals surface area contributed by atoms with Gasteiger partial charge in [-0.15, -0.1) is 11.3 Å². The summed E-state index contributed by atoms with van der Waals surface area (Å²) in [7, 11) is 1.93. The fraction of sp³-hybridized carbons (Fsp3) is 0.143. The zero-order valence-electron chi connectivity index (χ0n) is 10.6. The second-order valence-corrected chi connectivity index (χ2v) is 6.03.